The number of benzene rings is 2. The van der Waals surface area contributed by atoms with E-state index < -0.39 is 0 Å². The highest BCUT2D eigenvalue weighted by molar-refractivity contribution is 5.93. The van der Waals surface area contributed by atoms with E-state index in [9.17, 15) is 0 Å². The van der Waals surface area contributed by atoms with Crippen LogP contribution in [-0.4, -0.2) is 14.5 Å². The predicted molar refractivity (Wildman–Crippen MR) is 102 cm³/mol. The van der Waals surface area contributed by atoms with Gasteiger partial charge in [0.1, 0.15) is 11.5 Å². The van der Waals surface area contributed by atoms with Crippen LogP contribution in [-0.2, 0) is 13.5 Å². The van der Waals surface area contributed by atoms with E-state index in [1.165, 1.54) is 44.6 Å². The lowest BCUT2D eigenvalue weighted by Gasteiger charge is -2.16. The zero-order chi connectivity index (χ0) is 18.0. The van der Waals surface area contributed by atoms with Gasteiger partial charge in [-0.2, -0.15) is 0 Å². The Balaban J connectivity index is 1.91. The fourth-order valence-electron chi connectivity index (χ4n) is 4.17. The first-order valence-corrected chi connectivity index (χ1v) is 8.95. The van der Waals surface area contributed by atoms with Crippen molar-refractivity contribution in [2.45, 2.75) is 27.2 Å². The maximum absolute atomic E-state index is 4.65. The second-order valence-electron chi connectivity index (χ2n) is 7.31. The van der Waals surface area contributed by atoms with Crippen LogP contribution in [0.4, 0.5) is 0 Å². The van der Waals surface area contributed by atoms with Gasteiger partial charge < -0.3 is 4.57 Å². The molecule has 4 aromatic rings. The summed E-state index contributed by atoms with van der Waals surface area (Å²) >= 11 is 0. The summed E-state index contributed by atoms with van der Waals surface area (Å²) in [5, 5.41) is 1.20. The van der Waals surface area contributed by atoms with E-state index in [1.807, 2.05) is 12.5 Å². The lowest BCUT2D eigenvalue weighted by Crippen LogP contribution is -2.32. The number of hydrogen-bond donors (Lipinski definition) is 0. The molecule has 0 fully saturated rings. The second kappa shape index (κ2) is 5.24. The summed E-state index contributed by atoms with van der Waals surface area (Å²) in [5.41, 5.74) is 10.1. The Morgan fingerprint density at radius 1 is 1.08 bits per heavy atom. The molecule has 0 bridgehead atoms. The third-order valence-corrected chi connectivity index (χ3v) is 5.61. The van der Waals surface area contributed by atoms with Gasteiger partial charge >= 0.3 is 0 Å². The summed E-state index contributed by atoms with van der Waals surface area (Å²) in [7, 11) is 2.09. The van der Waals surface area contributed by atoms with Crippen molar-refractivity contribution in [2.75, 3.05) is 0 Å². The molecule has 3 heterocycles. The lowest BCUT2D eigenvalue weighted by atomic mass is 9.91. The minimum absolute atomic E-state index is 0.870. The fraction of sp³-hybridized carbons (Fsp3) is 0.227. The molecule has 0 saturated carbocycles. The van der Waals surface area contributed by atoms with Crippen LogP contribution in [0.25, 0.3) is 27.8 Å². The molecule has 4 nitrogen and oxygen atoms in total. The first-order chi connectivity index (χ1) is 12.5. The van der Waals surface area contributed by atoms with Crippen LogP contribution in [0.5, 0.6) is 0 Å². The predicted octanol–water partition coefficient (Wildman–Crippen LogP) is 3.74. The van der Waals surface area contributed by atoms with Crippen molar-refractivity contribution in [3.8, 4) is 16.9 Å². The Labute approximate surface area is 152 Å². The fourth-order valence-corrected chi connectivity index (χ4v) is 4.17. The van der Waals surface area contributed by atoms with Gasteiger partial charge in [-0.1, -0.05) is 6.07 Å². The highest BCUT2D eigenvalue weighted by Gasteiger charge is 2.28. The molecule has 2 aromatic carbocycles. The molecule has 0 amide bonds. The number of fused-ring (bicyclic) bond motifs is 4. The maximum Gasteiger partial charge on any atom is 0.287 e. The van der Waals surface area contributed by atoms with Gasteiger partial charge in [0.05, 0.1) is 18.1 Å². The Morgan fingerprint density at radius 3 is 2.77 bits per heavy atom. The molecule has 128 valence electrons. The van der Waals surface area contributed by atoms with E-state index in [0.717, 1.165) is 17.8 Å². The number of aromatic nitrogens is 4. The number of imidazole rings is 1. The average molecular weight is 341 g/mol. The van der Waals surface area contributed by atoms with E-state index in [1.54, 1.807) is 0 Å². The van der Waals surface area contributed by atoms with Crippen molar-refractivity contribution < 1.29 is 4.57 Å². The average Bonchev–Trinajstić information content (AvgIpc) is 3.19. The van der Waals surface area contributed by atoms with Crippen molar-refractivity contribution in [3.05, 3.63) is 71.1 Å². The van der Waals surface area contributed by atoms with Gasteiger partial charge in [-0.25, -0.2) is 9.55 Å². The van der Waals surface area contributed by atoms with Crippen molar-refractivity contribution in [1.82, 2.24) is 14.5 Å². The molecule has 2 aromatic heterocycles. The molecule has 0 aliphatic carbocycles. The minimum Gasteiger partial charge on any atom is -0.303 e. The molecule has 0 atom stereocenters. The standard InChI is InChI=1S/C22H21N4/c1-13-5-6-16-18(9-13)24-12-25(4)22(16)21-15(3)14(2)10-19-17(21)11-20-23-7-8-26(19)20/h5-10,12H,11H2,1-4H3/q+1. The topological polar surface area (TPSA) is 34.6 Å². The lowest BCUT2D eigenvalue weighted by molar-refractivity contribution is -0.662. The first kappa shape index (κ1) is 15.3. The van der Waals surface area contributed by atoms with Crippen LogP contribution in [0.1, 0.15) is 28.1 Å². The van der Waals surface area contributed by atoms with E-state index in [0.29, 0.717) is 0 Å². The molecule has 5 rings (SSSR count). The normalized spacial score (nSPS) is 12.5. The van der Waals surface area contributed by atoms with Gasteiger partial charge in [0.15, 0.2) is 5.52 Å². The summed E-state index contributed by atoms with van der Waals surface area (Å²) in [6.07, 6.45) is 6.75. The Hall–Kier alpha value is -3.01. The molecule has 4 heteroatoms. The largest absolute Gasteiger partial charge is 0.303 e. The Bertz CT molecular complexity index is 1200. The van der Waals surface area contributed by atoms with Gasteiger partial charge in [-0.05, 0) is 66.2 Å². The minimum atomic E-state index is 0.870. The molecular weight excluding hydrogens is 320 g/mol. The highest BCUT2D eigenvalue weighted by Crippen LogP contribution is 2.39. The molecule has 0 N–H and O–H groups in total. The van der Waals surface area contributed by atoms with Crippen molar-refractivity contribution in [3.63, 3.8) is 0 Å². The summed E-state index contributed by atoms with van der Waals surface area (Å²) < 4.78 is 4.37. The Kier molecular flexibility index (Phi) is 3.08. The van der Waals surface area contributed by atoms with E-state index in [4.69, 9.17) is 0 Å². The molecule has 1 aliphatic rings. The third-order valence-electron chi connectivity index (χ3n) is 5.61. The molecule has 0 spiro atoms. The third kappa shape index (κ3) is 1.99. The van der Waals surface area contributed by atoms with Gasteiger partial charge in [0.25, 0.3) is 6.33 Å². The summed E-state index contributed by atoms with van der Waals surface area (Å²) in [6, 6.07) is 8.83. The van der Waals surface area contributed by atoms with Gasteiger partial charge in [0.2, 0.25) is 0 Å². The molecule has 0 saturated heterocycles. The number of nitrogens with zero attached hydrogens (tertiary/aromatic N) is 4. The smallest absolute Gasteiger partial charge is 0.287 e. The second-order valence-corrected chi connectivity index (χ2v) is 7.31. The van der Waals surface area contributed by atoms with E-state index in [2.05, 4.69) is 77.4 Å². The van der Waals surface area contributed by atoms with Crippen molar-refractivity contribution >= 4 is 10.9 Å². The molecule has 1 aliphatic heterocycles. The van der Waals surface area contributed by atoms with Gasteiger partial charge in [-0.15, -0.1) is 0 Å². The van der Waals surface area contributed by atoms with Crippen molar-refractivity contribution in [2.24, 2.45) is 7.05 Å². The molecule has 0 unspecified atom stereocenters. The first-order valence-electron chi connectivity index (χ1n) is 8.95. The number of rotatable bonds is 1. The van der Waals surface area contributed by atoms with Crippen molar-refractivity contribution in [1.29, 1.82) is 0 Å². The van der Waals surface area contributed by atoms with E-state index >= 15 is 0 Å². The van der Waals surface area contributed by atoms with Crippen LogP contribution >= 0.6 is 0 Å². The summed E-state index contributed by atoms with van der Waals surface area (Å²) in [6.45, 7) is 6.54. The van der Waals surface area contributed by atoms with Gasteiger partial charge in [0, 0.05) is 24.4 Å². The zero-order valence-electron chi connectivity index (χ0n) is 15.5. The number of hydrogen-bond acceptors (Lipinski definition) is 2. The highest BCUT2D eigenvalue weighted by atomic mass is 15.1. The van der Waals surface area contributed by atoms with Gasteiger partial charge in [-0.3, -0.25) is 0 Å². The summed E-state index contributed by atoms with van der Waals surface area (Å²) in [4.78, 5) is 9.19. The van der Waals surface area contributed by atoms with Crippen LogP contribution < -0.4 is 4.57 Å². The maximum atomic E-state index is 4.65. The Morgan fingerprint density at radius 2 is 1.92 bits per heavy atom. The van der Waals surface area contributed by atoms with Crippen LogP contribution in [0.15, 0.2) is 43.0 Å². The SMILES string of the molecule is Cc1ccc2c(-c3c(C)c(C)cc4c3Cc3nccn3-4)[n+](C)cnc2c1. The molecule has 26 heavy (non-hydrogen) atoms. The van der Waals surface area contributed by atoms with Crippen LogP contribution in [0.2, 0.25) is 0 Å². The molecular formula is C22H21N4+. The zero-order valence-corrected chi connectivity index (χ0v) is 15.5. The number of aryl methyl sites for hydroxylation is 3. The van der Waals surface area contributed by atoms with Crippen LogP contribution in [0, 0.1) is 20.8 Å². The molecule has 0 radical (unpaired) electrons. The van der Waals surface area contributed by atoms with Crippen LogP contribution in [0.3, 0.4) is 0 Å². The quantitative estimate of drug-likeness (QED) is 0.435. The summed E-state index contributed by atoms with van der Waals surface area (Å²) in [5.74, 6) is 1.11. The van der Waals surface area contributed by atoms with E-state index in [-0.39, 0.29) is 0 Å². The monoisotopic (exact) mass is 341 g/mol.